The van der Waals surface area contributed by atoms with E-state index in [1.54, 1.807) is 34.6 Å². The Balaban J connectivity index is 1.42. The molecule has 0 amide bonds. The third kappa shape index (κ3) is 3.08. The van der Waals surface area contributed by atoms with Gasteiger partial charge in [0, 0.05) is 31.1 Å². The molecule has 3 aromatic rings. The van der Waals surface area contributed by atoms with Crippen molar-refractivity contribution in [3.05, 3.63) is 90.2 Å². The molecular formula is C23H21FN2O2S. The van der Waals surface area contributed by atoms with Gasteiger partial charge in [-0.2, -0.15) is 4.31 Å². The van der Waals surface area contributed by atoms with Crippen LogP contribution in [0.1, 0.15) is 11.5 Å². The molecule has 0 aromatic heterocycles. The monoisotopic (exact) mass is 408 g/mol. The lowest BCUT2D eigenvalue weighted by atomic mass is 9.74. The van der Waals surface area contributed by atoms with Crippen molar-refractivity contribution in [3.63, 3.8) is 0 Å². The molecule has 2 fully saturated rings. The third-order valence-electron chi connectivity index (χ3n) is 5.96. The Hall–Kier alpha value is -2.54. The molecule has 2 aliphatic heterocycles. The van der Waals surface area contributed by atoms with Gasteiger partial charge in [0.2, 0.25) is 10.0 Å². The number of halogens is 1. The first-order valence-electron chi connectivity index (χ1n) is 9.71. The molecule has 148 valence electrons. The van der Waals surface area contributed by atoms with E-state index in [-0.39, 0.29) is 23.8 Å². The minimum atomic E-state index is -3.51. The molecule has 2 heterocycles. The average Bonchev–Trinajstić information content (AvgIpc) is 2.75. The normalized spacial score (nSPS) is 24.1. The molecule has 2 saturated heterocycles. The summed E-state index contributed by atoms with van der Waals surface area (Å²) in [6.45, 7) is 1.28. The van der Waals surface area contributed by atoms with Crippen LogP contribution >= 0.6 is 0 Å². The summed E-state index contributed by atoms with van der Waals surface area (Å²) in [5.41, 5.74) is 2.91. The van der Waals surface area contributed by atoms with Crippen molar-refractivity contribution >= 4 is 10.0 Å². The van der Waals surface area contributed by atoms with Gasteiger partial charge in [-0.15, -0.1) is 0 Å². The molecule has 0 aliphatic carbocycles. The van der Waals surface area contributed by atoms with E-state index in [1.807, 2.05) is 36.4 Å². The number of nitrogens with one attached hydrogen (secondary N) is 1. The van der Waals surface area contributed by atoms with Crippen molar-refractivity contribution in [2.24, 2.45) is 0 Å². The van der Waals surface area contributed by atoms with Gasteiger partial charge in [-0.25, -0.2) is 12.8 Å². The topological polar surface area (TPSA) is 49.4 Å². The molecule has 0 spiro atoms. The fourth-order valence-corrected chi connectivity index (χ4v) is 6.48. The summed E-state index contributed by atoms with van der Waals surface area (Å²) >= 11 is 0. The average molecular weight is 408 g/mol. The van der Waals surface area contributed by atoms with Gasteiger partial charge in [0.15, 0.2) is 0 Å². The summed E-state index contributed by atoms with van der Waals surface area (Å²) in [4.78, 5) is 0.344. The standard InChI is InChI=1S/C23H21FN2O2S/c24-19-6-4-5-18(13-19)16-9-11-17(12-10-16)23-21-14-25-15-22(23)26(21)29(27,28)20-7-2-1-3-8-20/h1-13,21-23,25H,14-15H2/t21-,22+,23?. The second-order valence-corrected chi connectivity index (χ2v) is 9.44. The summed E-state index contributed by atoms with van der Waals surface area (Å²) in [5, 5.41) is 3.33. The SMILES string of the molecule is O=S(=O)(c1ccccc1)N1[C@@H]2CNC[C@H]1C2c1ccc(-c2cccc(F)c2)cc1. The Morgan fingerprint density at radius 1 is 0.828 bits per heavy atom. The molecule has 3 atom stereocenters. The van der Waals surface area contributed by atoms with Crippen LogP contribution in [0.2, 0.25) is 0 Å². The fourth-order valence-electron chi connectivity index (χ4n) is 4.61. The zero-order valence-electron chi connectivity index (χ0n) is 15.7. The molecule has 29 heavy (non-hydrogen) atoms. The van der Waals surface area contributed by atoms with Crippen LogP contribution < -0.4 is 5.32 Å². The van der Waals surface area contributed by atoms with Crippen molar-refractivity contribution in [1.82, 2.24) is 9.62 Å². The van der Waals surface area contributed by atoms with Crippen LogP contribution in [0.3, 0.4) is 0 Å². The number of hydrogen-bond donors (Lipinski definition) is 1. The lowest BCUT2D eigenvalue weighted by Crippen LogP contribution is -2.73. The largest absolute Gasteiger partial charge is 0.313 e. The zero-order valence-corrected chi connectivity index (χ0v) is 16.5. The van der Waals surface area contributed by atoms with E-state index in [2.05, 4.69) is 5.32 Å². The van der Waals surface area contributed by atoms with Crippen molar-refractivity contribution in [2.45, 2.75) is 22.9 Å². The maximum Gasteiger partial charge on any atom is 0.243 e. The first-order valence-corrected chi connectivity index (χ1v) is 11.1. The van der Waals surface area contributed by atoms with Crippen LogP contribution in [0.5, 0.6) is 0 Å². The van der Waals surface area contributed by atoms with Crippen LogP contribution in [-0.2, 0) is 10.0 Å². The Morgan fingerprint density at radius 3 is 2.17 bits per heavy atom. The molecular weight excluding hydrogens is 387 g/mol. The minimum absolute atomic E-state index is 0.0982. The maximum absolute atomic E-state index is 13.5. The Morgan fingerprint density at radius 2 is 1.52 bits per heavy atom. The van der Waals surface area contributed by atoms with Gasteiger partial charge in [0.25, 0.3) is 0 Å². The Labute approximate surface area is 170 Å². The number of hydrogen-bond acceptors (Lipinski definition) is 3. The molecule has 1 unspecified atom stereocenters. The van der Waals surface area contributed by atoms with Gasteiger partial charge in [-0.1, -0.05) is 54.6 Å². The predicted octanol–water partition coefficient (Wildman–Crippen LogP) is 3.62. The van der Waals surface area contributed by atoms with Gasteiger partial charge in [0.1, 0.15) is 5.82 Å². The molecule has 1 N–H and O–H groups in total. The van der Waals surface area contributed by atoms with Crippen LogP contribution in [0.25, 0.3) is 11.1 Å². The van der Waals surface area contributed by atoms with Crippen molar-refractivity contribution < 1.29 is 12.8 Å². The summed E-state index contributed by atoms with van der Waals surface area (Å²) in [7, 11) is -3.51. The van der Waals surface area contributed by atoms with Crippen LogP contribution in [0.15, 0.2) is 83.8 Å². The van der Waals surface area contributed by atoms with E-state index in [9.17, 15) is 12.8 Å². The first-order chi connectivity index (χ1) is 14.1. The quantitative estimate of drug-likeness (QED) is 0.717. The molecule has 6 heteroatoms. The van der Waals surface area contributed by atoms with Crippen molar-refractivity contribution in [3.8, 4) is 11.1 Å². The molecule has 4 nitrogen and oxygen atoms in total. The second kappa shape index (κ2) is 7.06. The highest BCUT2D eigenvalue weighted by atomic mass is 32.2. The molecule has 3 aromatic carbocycles. The van der Waals surface area contributed by atoms with Gasteiger partial charge < -0.3 is 5.32 Å². The third-order valence-corrected chi connectivity index (χ3v) is 7.93. The Kier molecular flexibility index (Phi) is 4.50. The molecule has 2 bridgehead atoms. The van der Waals surface area contributed by atoms with Gasteiger partial charge in [-0.05, 0) is 41.0 Å². The molecule has 2 aliphatic rings. The lowest BCUT2D eigenvalue weighted by Gasteiger charge is -2.57. The number of benzene rings is 3. The van der Waals surface area contributed by atoms with Gasteiger partial charge in [0.05, 0.1) is 4.90 Å². The van der Waals surface area contributed by atoms with E-state index in [4.69, 9.17) is 0 Å². The predicted molar refractivity (Wildman–Crippen MR) is 110 cm³/mol. The van der Waals surface area contributed by atoms with E-state index < -0.39 is 10.0 Å². The fraction of sp³-hybridized carbons (Fsp3) is 0.217. The van der Waals surface area contributed by atoms with Gasteiger partial charge >= 0.3 is 0 Å². The number of rotatable bonds is 4. The Bertz CT molecular complexity index is 1120. The molecule has 5 rings (SSSR count). The highest BCUT2D eigenvalue weighted by molar-refractivity contribution is 7.89. The summed E-state index contributed by atoms with van der Waals surface area (Å²) in [6.07, 6.45) is 0. The smallest absolute Gasteiger partial charge is 0.243 e. The number of piperidine rings is 1. The zero-order chi connectivity index (χ0) is 20.0. The highest BCUT2D eigenvalue weighted by Gasteiger charge is 2.56. The second-order valence-electron chi connectivity index (χ2n) is 7.60. The van der Waals surface area contributed by atoms with Gasteiger partial charge in [-0.3, -0.25) is 0 Å². The number of nitrogens with zero attached hydrogens (tertiary/aromatic N) is 1. The summed E-state index contributed by atoms with van der Waals surface area (Å²) in [6, 6.07) is 23.0. The number of fused-ring (bicyclic) bond motifs is 2. The van der Waals surface area contributed by atoms with Crippen LogP contribution in [-0.4, -0.2) is 37.9 Å². The first kappa shape index (κ1) is 18.5. The maximum atomic E-state index is 13.5. The van der Waals surface area contributed by atoms with Crippen molar-refractivity contribution in [2.75, 3.05) is 13.1 Å². The summed E-state index contributed by atoms with van der Waals surface area (Å²) < 4.78 is 41.5. The number of sulfonamides is 1. The van der Waals surface area contributed by atoms with E-state index in [1.165, 1.54) is 12.1 Å². The molecule has 0 radical (unpaired) electrons. The highest BCUT2D eigenvalue weighted by Crippen LogP contribution is 2.46. The van der Waals surface area contributed by atoms with E-state index >= 15 is 0 Å². The van der Waals surface area contributed by atoms with E-state index in [0.717, 1.165) is 16.7 Å². The van der Waals surface area contributed by atoms with E-state index in [0.29, 0.717) is 18.0 Å². The molecule has 0 saturated carbocycles. The lowest BCUT2D eigenvalue weighted by molar-refractivity contribution is 0.0370. The number of piperazine rings is 1. The summed E-state index contributed by atoms with van der Waals surface area (Å²) in [5.74, 6) is -0.0933. The van der Waals surface area contributed by atoms with Crippen LogP contribution in [0, 0.1) is 5.82 Å². The minimum Gasteiger partial charge on any atom is -0.313 e. The van der Waals surface area contributed by atoms with Crippen LogP contribution in [0.4, 0.5) is 4.39 Å². The van der Waals surface area contributed by atoms with Crippen molar-refractivity contribution in [1.29, 1.82) is 0 Å².